The molecule has 0 radical (unpaired) electrons. The highest BCUT2D eigenvalue weighted by Crippen LogP contribution is 2.13. The van der Waals surface area contributed by atoms with Crippen molar-refractivity contribution in [3.05, 3.63) is 0 Å². The van der Waals surface area contributed by atoms with Crippen LogP contribution in [0, 0.1) is 5.92 Å². The van der Waals surface area contributed by atoms with Crippen LogP contribution in [0.4, 0.5) is 0 Å². The van der Waals surface area contributed by atoms with Crippen LogP contribution in [0.15, 0.2) is 0 Å². The van der Waals surface area contributed by atoms with Gasteiger partial charge in [-0.3, -0.25) is 0 Å². The standard InChI is InChI=1S/C9H20O/c1-4-6-8(3)9(10)7-5-2/h8-10H,4-7H2,1-3H3/t8-,9-/m1/s1. The van der Waals surface area contributed by atoms with Crippen molar-refractivity contribution in [2.24, 2.45) is 5.92 Å². The van der Waals surface area contributed by atoms with Crippen LogP contribution in [0.5, 0.6) is 0 Å². The lowest BCUT2D eigenvalue weighted by molar-refractivity contribution is 0.102. The molecule has 0 saturated carbocycles. The van der Waals surface area contributed by atoms with Crippen LogP contribution in [-0.2, 0) is 0 Å². The van der Waals surface area contributed by atoms with Crippen molar-refractivity contribution < 1.29 is 5.11 Å². The summed E-state index contributed by atoms with van der Waals surface area (Å²) in [6.07, 6.45) is 4.32. The van der Waals surface area contributed by atoms with Gasteiger partial charge in [0.25, 0.3) is 0 Å². The molecule has 1 N–H and O–H groups in total. The SMILES string of the molecule is CCC[C@@H](C)[C@H](O)CCC. The Bertz CT molecular complexity index is 61.1. The van der Waals surface area contributed by atoms with E-state index in [0.717, 1.165) is 19.3 Å². The second-order valence-corrected chi connectivity index (χ2v) is 3.12. The highest BCUT2D eigenvalue weighted by Gasteiger charge is 2.10. The first-order chi connectivity index (χ1) is 4.72. The summed E-state index contributed by atoms with van der Waals surface area (Å²) in [5, 5.41) is 9.45. The molecule has 0 aromatic rings. The number of hydrogen-bond acceptors (Lipinski definition) is 1. The van der Waals surface area contributed by atoms with Gasteiger partial charge in [-0.05, 0) is 18.8 Å². The second kappa shape index (κ2) is 5.72. The zero-order chi connectivity index (χ0) is 7.98. The van der Waals surface area contributed by atoms with Gasteiger partial charge >= 0.3 is 0 Å². The van der Waals surface area contributed by atoms with Crippen LogP contribution in [0.2, 0.25) is 0 Å². The van der Waals surface area contributed by atoms with Crippen molar-refractivity contribution in [1.29, 1.82) is 0 Å². The predicted octanol–water partition coefficient (Wildman–Crippen LogP) is 2.58. The Morgan fingerprint density at radius 1 is 1.10 bits per heavy atom. The van der Waals surface area contributed by atoms with E-state index < -0.39 is 0 Å². The van der Waals surface area contributed by atoms with Crippen LogP contribution < -0.4 is 0 Å². The summed E-state index contributed by atoms with van der Waals surface area (Å²) >= 11 is 0. The molecule has 2 atom stereocenters. The molecule has 0 aromatic heterocycles. The minimum absolute atomic E-state index is 0.0649. The third-order valence-corrected chi connectivity index (χ3v) is 1.99. The molecular weight excluding hydrogens is 124 g/mol. The monoisotopic (exact) mass is 144 g/mol. The quantitative estimate of drug-likeness (QED) is 0.628. The molecule has 62 valence electrons. The molecule has 0 saturated heterocycles. The maximum Gasteiger partial charge on any atom is 0.0565 e. The molecule has 0 aliphatic rings. The van der Waals surface area contributed by atoms with Gasteiger partial charge < -0.3 is 5.11 Å². The lowest BCUT2D eigenvalue weighted by atomic mass is 9.96. The van der Waals surface area contributed by atoms with Crippen LogP contribution in [-0.4, -0.2) is 11.2 Å². The Morgan fingerprint density at radius 3 is 2.00 bits per heavy atom. The molecule has 0 bridgehead atoms. The number of rotatable bonds is 5. The van der Waals surface area contributed by atoms with Gasteiger partial charge in [-0.1, -0.05) is 33.6 Å². The molecule has 0 amide bonds. The van der Waals surface area contributed by atoms with Crippen molar-refractivity contribution in [2.75, 3.05) is 0 Å². The Labute approximate surface area is 64.5 Å². The molecule has 0 rings (SSSR count). The molecule has 1 heteroatoms. The minimum atomic E-state index is -0.0649. The largest absolute Gasteiger partial charge is 0.393 e. The van der Waals surface area contributed by atoms with E-state index in [1.54, 1.807) is 0 Å². The fraction of sp³-hybridized carbons (Fsp3) is 1.00. The average Bonchev–Trinajstić information content (AvgIpc) is 1.89. The normalized spacial score (nSPS) is 16.8. The van der Waals surface area contributed by atoms with Crippen molar-refractivity contribution in [2.45, 2.75) is 52.6 Å². The zero-order valence-corrected chi connectivity index (χ0v) is 7.43. The molecule has 0 fully saturated rings. The maximum atomic E-state index is 9.45. The van der Waals surface area contributed by atoms with E-state index in [4.69, 9.17) is 0 Å². The lowest BCUT2D eigenvalue weighted by Crippen LogP contribution is -2.16. The Balaban J connectivity index is 3.38. The van der Waals surface area contributed by atoms with E-state index in [-0.39, 0.29) is 6.10 Å². The van der Waals surface area contributed by atoms with Crippen LogP contribution in [0.25, 0.3) is 0 Å². The summed E-state index contributed by atoms with van der Waals surface area (Å²) in [5.41, 5.74) is 0. The third kappa shape index (κ3) is 3.89. The van der Waals surface area contributed by atoms with E-state index >= 15 is 0 Å². The third-order valence-electron chi connectivity index (χ3n) is 1.99. The summed E-state index contributed by atoms with van der Waals surface area (Å²) in [6, 6.07) is 0. The highest BCUT2D eigenvalue weighted by atomic mass is 16.3. The van der Waals surface area contributed by atoms with Crippen molar-refractivity contribution in [3.63, 3.8) is 0 Å². The van der Waals surface area contributed by atoms with Gasteiger partial charge in [0.15, 0.2) is 0 Å². The topological polar surface area (TPSA) is 20.2 Å². The Hall–Kier alpha value is -0.0400. The molecule has 0 unspecified atom stereocenters. The molecule has 1 nitrogen and oxygen atoms in total. The number of aliphatic hydroxyl groups is 1. The lowest BCUT2D eigenvalue weighted by Gasteiger charge is -2.16. The van der Waals surface area contributed by atoms with E-state index in [9.17, 15) is 5.11 Å². The number of hydrogen-bond donors (Lipinski definition) is 1. The first kappa shape index (κ1) is 9.96. The Morgan fingerprint density at radius 2 is 1.60 bits per heavy atom. The van der Waals surface area contributed by atoms with Gasteiger partial charge in [0.2, 0.25) is 0 Å². The first-order valence-corrected chi connectivity index (χ1v) is 4.40. The number of aliphatic hydroxyl groups excluding tert-OH is 1. The van der Waals surface area contributed by atoms with Gasteiger partial charge in [0.05, 0.1) is 6.10 Å². The van der Waals surface area contributed by atoms with Gasteiger partial charge in [0.1, 0.15) is 0 Å². The van der Waals surface area contributed by atoms with E-state index in [1.165, 1.54) is 6.42 Å². The summed E-state index contributed by atoms with van der Waals surface area (Å²) in [5.74, 6) is 0.491. The zero-order valence-electron chi connectivity index (χ0n) is 7.43. The van der Waals surface area contributed by atoms with Gasteiger partial charge in [0, 0.05) is 0 Å². The van der Waals surface area contributed by atoms with E-state index in [0.29, 0.717) is 5.92 Å². The smallest absolute Gasteiger partial charge is 0.0565 e. The molecule has 10 heavy (non-hydrogen) atoms. The molecule has 0 aliphatic heterocycles. The second-order valence-electron chi connectivity index (χ2n) is 3.12. The fourth-order valence-corrected chi connectivity index (χ4v) is 1.23. The van der Waals surface area contributed by atoms with E-state index in [1.807, 2.05) is 0 Å². The summed E-state index contributed by atoms with van der Waals surface area (Å²) in [7, 11) is 0. The molecule has 0 spiro atoms. The van der Waals surface area contributed by atoms with E-state index in [2.05, 4.69) is 20.8 Å². The molecule has 0 heterocycles. The van der Waals surface area contributed by atoms with Gasteiger partial charge in [-0.25, -0.2) is 0 Å². The van der Waals surface area contributed by atoms with Gasteiger partial charge in [-0.2, -0.15) is 0 Å². The van der Waals surface area contributed by atoms with Crippen molar-refractivity contribution >= 4 is 0 Å². The first-order valence-electron chi connectivity index (χ1n) is 4.40. The fourth-order valence-electron chi connectivity index (χ4n) is 1.23. The highest BCUT2D eigenvalue weighted by molar-refractivity contribution is 4.62. The van der Waals surface area contributed by atoms with Crippen molar-refractivity contribution in [3.8, 4) is 0 Å². The minimum Gasteiger partial charge on any atom is -0.393 e. The molecule has 0 aromatic carbocycles. The summed E-state index contributed by atoms with van der Waals surface area (Å²) in [6.45, 7) is 6.40. The maximum absolute atomic E-state index is 9.45. The summed E-state index contributed by atoms with van der Waals surface area (Å²) in [4.78, 5) is 0. The van der Waals surface area contributed by atoms with Crippen LogP contribution in [0.3, 0.4) is 0 Å². The predicted molar refractivity (Wildman–Crippen MR) is 45.0 cm³/mol. The summed E-state index contributed by atoms with van der Waals surface area (Å²) < 4.78 is 0. The van der Waals surface area contributed by atoms with Gasteiger partial charge in [-0.15, -0.1) is 0 Å². The molecule has 0 aliphatic carbocycles. The van der Waals surface area contributed by atoms with Crippen molar-refractivity contribution in [1.82, 2.24) is 0 Å². The van der Waals surface area contributed by atoms with Crippen LogP contribution >= 0.6 is 0 Å². The van der Waals surface area contributed by atoms with Crippen LogP contribution in [0.1, 0.15) is 46.5 Å². The molecular formula is C9H20O. The average molecular weight is 144 g/mol. The Kier molecular flexibility index (Phi) is 5.70.